The van der Waals surface area contributed by atoms with Gasteiger partial charge in [-0.3, -0.25) is 15.1 Å². The van der Waals surface area contributed by atoms with Crippen molar-refractivity contribution in [1.29, 1.82) is 0 Å². The Morgan fingerprint density at radius 2 is 1.65 bits per heavy atom. The fourth-order valence-electron chi connectivity index (χ4n) is 3.54. The molecule has 1 saturated heterocycles. The number of carbonyl (C=O) groups excluding carboxylic acids is 1. The van der Waals surface area contributed by atoms with Gasteiger partial charge in [0.25, 0.3) is 5.56 Å². The number of rotatable bonds is 2. The van der Waals surface area contributed by atoms with Gasteiger partial charge >= 0.3 is 6.03 Å². The van der Waals surface area contributed by atoms with E-state index in [0.717, 1.165) is 0 Å². The van der Waals surface area contributed by atoms with Gasteiger partial charge in [-0.15, -0.1) is 0 Å². The van der Waals surface area contributed by atoms with Crippen LogP contribution in [0.25, 0.3) is 10.9 Å². The first-order valence-electron chi connectivity index (χ1n) is 8.19. The molecule has 0 spiro atoms. The van der Waals surface area contributed by atoms with E-state index >= 15 is 0 Å². The summed E-state index contributed by atoms with van der Waals surface area (Å²) in [7, 11) is 1.65. The zero-order valence-electron chi connectivity index (χ0n) is 14.4. The molecule has 7 nitrogen and oxygen atoms in total. The van der Waals surface area contributed by atoms with Gasteiger partial charge in [-0.2, -0.15) is 0 Å². The van der Waals surface area contributed by atoms with E-state index in [2.05, 4.69) is 10.9 Å². The van der Waals surface area contributed by atoms with Gasteiger partial charge in [0.2, 0.25) is 0 Å². The molecule has 2 amide bonds. The number of aromatic hydroxyl groups is 1. The molecule has 0 aliphatic carbocycles. The van der Waals surface area contributed by atoms with Crippen LogP contribution in [0.15, 0.2) is 59.4 Å². The third kappa shape index (κ3) is 2.11. The molecule has 2 heterocycles. The van der Waals surface area contributed by atoms with Crippen molar-refractivity contribution in [2.45, 2.75) is 12.6 Å². The molecule has 3 N–H and O–H groups in total. The van der Waals surface area contributed by atoms with E-state index in [4.69, 9.17) is 0 Å². The van der Waals surface area contributed by atoms with Crippen LogP contribution in [0.4, 0.5) is 10.5 Å². The van der Waals surface area contributed by atoms with E-state index in [0.29, 0.717) is 16.6 Å². The van der Waals surface area contributed by atoms with Crippen LogP contribution < -0.4 is 21.3 Å². The van der Waals surface area contributed by atoms with Crippen LogP contribution in [0.5, 0.6) is 5.75 Å². The maximum atomic E-state index is 13.1. The van der Waals surface area contributed by atoms with Gasteiger partial charge in [0, 0.05) is 18.1 Å². The Kier molecular flexibility index (Phi) is 3.48. The summed E-state index contributed by atoms with van der Waals surface area (Å²) in [4.78, 5) is 27.0. The molecule has 2 aromatic carbocycles. The third-order valence-corrected chi connectivity index (χ3v) is 4.84. The Morgan fingerprint density at radius 3 is 2.38 bits per heavy atom. The molecule has 1 aliphatic rings. The number of carbonyl (C=O) groups is 1. The number of amides is 2. The lowest BCUT2D eigenvalue weighted by Gasteiger charge is -2.33. The van der Waals surface area contributed by atoms with Crippen LogP contribution in [0.1, 0.15) is 12.5 Å². The molecule has 1 fully saturated rings. The third-order valence-electron chi connectivity index (χ3n) is 4.84. The van der Waals surface area contributed by atoms with Gasteiger partial charge < -0.3 is 9.67 Å². The fourth-order valence-corrected chi connectivity index (χ4v) is 3.54. The van der Waals surface area contributed by atoms with Crippen LogP contribution in [0, 0.1) is 0 Å². The maximum absolute atomic E-state index is 13.1. The van der Waals surface area contributed by atoms with E-state index in [-0.39, 0.29) is 16.9 Å². The number of anilines is 1. The average Bonchev–Trinajstić information content (AvgIpc) is 2.96. The van der Waals surface area contributed by atoms with Crippen molar-refractivity contribution in [2.75, 3.05) is 4.90 Å². The minimum Gasteiger partial charge on any atom is -0.507 e. The number of urea groups is 1. The van der Waals surface area contributed by atoms with Crippen LogP contribution in [0.2, 0.25) is 0 Å². The van der Waals surface area contributed by atoms with Gasteiger partial charge in [-0.1, -0.05) is 30.3 Å². The zero-order chi connectivity index (χ0) is 18.5. The summed E-state index contributed by atoms with van der Waals surface area (Å²) >= 11 is 0. The maximum Gasteiger partial charge on any atom is 0.338 e. The number of hydrazine groups is 1. The van der Waals surface area contributed by atoms with Gasteiger partial charge in [0.05, 0.1) is 5.52 Å². The monoisotopic (exact) mass is 350 g/mol. The van der Waals surface area contributed by atoms with Crippen molar-refractivity contribution in [3.63, 3.8) is 0 Å². The lowest BCUT2D eigenvalue weighted by molar-refractivity contribution is 0.250. The lowest BCUT2D eigenvalue weighted by atomic mass is 9.97. The van der Waals surface area contributed by atoms with Gasteiger partial charge in [0.15, 0.2) is 0 Å². The molecular weight excluding hydrogens is 332 g/mol. The summed E-state index contributed by atoms with van der Waals surface area (Å²) in [6.45, 7) is 1.68. The zero-order valence-corrected chi connectivity index (χ0v) is 14.4. The molecule has 1 aromatic heterocycles. The molecule has 3 aromatic rings. The highest BCUT2D eigenvalue weighted by Crippen LogP contribution is 2.38. The van der Waals surface area contributed by atoms with Crippen LogP contribution in [0.3, 0.4) is 0 Å². The van der Waals surface area contributed by atoms with E-state index < -0.39 is 11.7 Å². The fraction of sp³-hybridized carbons (Fsp3) is 0.158. The summed E-state index contributed by atoms with van der Waals surface area (Å²) in [6, 6.07) is 15.7. The second kappa shape index (κ2) is 5.60. The minimum absolute atomic E-state index is 0.0981. The molecular formula is C19H18N4O3. The number of aryl methyl sites for hydroxylation is 1. The first-order valence-corrected chi connectivity index (χ1v) is 8.19. The van der Waals surface area contributed by atoms with Crippen molar-refractivity contribution in [3.8, 4) is 5.75 Å². The van der Waals surface area contributed by atoms with E-state index in [9.17, 15) is 14.7 Å². The standard InChI is InChI=1S/C19H18N4O3/c1-19(21-20-18(26)23(19)12-8-4-3-5-9-12)15-16(24)13-10-6-7-11-14(13)22(2)17(15)25/h3-11,21,24H,1-2H3,(H,20,26). The molecule has 0 radical (unpaired) electrons. The predicted molar refractivity (Wildman–Crippen MR) is 98.8 cm³/mol. The smallest absolute Gasteiger partial charge is 0.338 e. The van der Waals surface area contributed by atoms with Gasteiger partial charge in [-0.05, 0) is 31.2 Å². The second-order valence-corrected chi connectivity index (χ2v) is 6.40. The number of nitrogens with one attached hydrogen (secondary N) is 2. The summed E-state index contributed by atoms with van der Waals surface area (Å²) in [5.74, 6) is -0.142. The molecule has 1 unspecified atom stereocenters. The quantitative estimate of drug-likeness (QED) is 0.661. The summed E-state index contributed by atoms with van der Waals surface area (Å²) in [5.41, 5.74) is 5.11. The van der Waals surface area contributed by atoms with E-state index in [1.54, 1.807) is 62.5 Å². The number of pyridine rings is 1. The Bertz CT molecular complexity index is 1080. The molecule has 132 valence electrons. The number of benzene rings is 2. The highest BCUT2D eigenvalue weighted by molar-refractivity contribution is 5.96. The number of para-hydroxylation sites is 2. The Balaban J connectivity index is 2.02. The molecule has 26 heavy (non-hydrogen) atoms. The molecule has 1 atom stereocenters. The number of hydrogen-bond acceptors (Lipinski definition) is 4. The van der Waals surface area contributed by atoms with Crippen molar-refractivity contribution in [1.82, 2.24) is 15.4 Å². The van der Waals surface area contributed by atoms with Crippen LogP contribution >= 0.6 is 0 Å². The molecule has 0 saturated carbocycles. The topological polar surface area (TPSA) is 86.6 Å². The number of nitrogens with zero attached hydrogens (tertiary/aromatic N) is 2. The van der Waals surface area contributed by atoms with Crippen LogP contribution in [-0.4, -0.2) is 15.7 Å². The van der Waals surface area contributed by atoms with E-state index in [1.165, 1.54) is 9.47 Å². The Hall–Kier alpha value is -3.32. The first-order chi connectivity index (χ1) is 12.4. The van der Waals surface area contributed by atoms with Gasteiger partial charge in [0.1, 0.15) is 17.0 Å². The summed E-state index contributed by atoms with van der Waals surface area (Å²) in [5, 5.41) is 11.5. The van der Waals surface area contributed by atoms with Crippen LogP contribution in [-0.2, 0) is 12.7 Å². The molecule has 4 rings (SSSR count). The SMILES string of the molecule is Cn1c(=O)c(C2(C)NNC(=O)N2c2ccccc2)c(O)c2ccccc21. The van der Waals surface area contributed by atoms with E-state index in [1.807, 2.05) is 6.07 Å². The number of hydrogen-bond donors (Lipinski definition) is 3. The average molecular weight is 350 g/mol. The largest absolute Gasteiger partial charge is 0.507 e. The van der Waals surface area contributed by atoms with Gasteiger partial charge in [-0.25, -0.2) is 10.2 Å². The highest BCUT2D eigenvalue weighted by Gasteiger charge is 2.47. The highest BCUT2D eigenvalue weighted by atomic mass is 16.3. The Labute approximate surface area is 149 Å². The predicted octanol–water partition coefficient (Wildman–Crippen LogP) is 2.15. The minimum atomic E-state index is -1.26. The molecule has 7 heteroatoms. The number of aromatic nitrogens is 1. The molecule has 0 bridgehead atoms. The van der Waals surface area contributed by atoms with Crippen molar-refractivity contribution >= 4 is 22.6 Å². The lowest BCUT2D eigenvalue weighted by Crippen LogP contribution is -2.51. The first kappa shape index (κ1) is 16.2. The molecule has 1 aliphatic heterocycles. The Morgan fingerprint density at radius 1 is 1.00 bits per heavy atom. The summed E-state index contributed by atoms with van der Waals surface area (Å²) < 4.78 is 1.48. The van der Waals surface area contributed by atoms with Crippen molar-refractivity contribution in [3.05, 3.63) is 70.5 Å². The normalized spacial score (nSPS) is 19.8. The summed E-state index contributed by atoms with van der Waals surface area (Å²) in [6.07, 6.45) is 0. The van der Waals surface area contributed by atoms with Crippen molar-refractivity contribution in [2.24, 2.45) is 7.05 Å². The number of fused-ring (bicyclic) bond motifs is 1. The van der Waals surface area contributed by atoms with Crippen molar-refractivity contribution < 1.29 is 9.90 Å². The second-order valence-electron chi connectivity index (χ2n) is 6.40.